The van der Waals surface area contributed by atoms with E-state index in [0.29, 0.717) is 30.3 Å². The summed E-state index contributed by atoms with van der Waals surface area (Å²) < 4.78 is 5.07. The Bertz CT molecular complexity index is 754. The Kier molecular flexibility index (Phi) is 7.91. The number of hydrogen-bond donors (Lipinski definition) is 1. The maximum atomic E-state index is 12.5. The van der Waals surface area contributed by atoms with E-state index in [1.165, 1.54) is 6.07 Å². The van der Waals surface area contributed by atoms with Gasteiger partial charge in [0.2, 0.25) is 5.91 Å². The summed E-state index contributed by atoms with van der Waals surface area (Å²) in [6, 6.07) is 14.2. The quantitative estimate of drug-likeness (QED) is 0.746. The number of methoxy groups -OCH3 is 1. The van der Waals surface area contributed by atoms with Crippen LogP contribution in [0.4, 0.5) is 0 Å². The minimum absolute atomic E-state index is 0.115. The number of halogens is 2. The highest BCUT2D eigenvalue weighted by atomic mass is 35.5. The summed E-state index contributed by atoms with van der Waals surface area (Å²) >= 11 is 11.8. The Labute approximate surface area is 162 Å². The maximum Gasteiger partial charge on any atom is 0.251 e. The van der Waals surface area contributed by atoms with Crippen molar-refractivity contribution in [3.05, 3.63) is 69.7 Å². The van der Waals surface area contributed by atoms with Crippen LogP contribution in [0.25, 0.3) is 0 Å². The molecule has 2 aromatic carbocycles. The van der Waals surface area contributed by atoms with Crippen molar-refractivity contribution in [2.24, 2.45) is 0 Å². The molecular weight excluding hydrogens is 375 g/mol. The Morgan fingerprint density at radius 3 is 2.46 bits per heavy atom. The van der Waals surface area contributed by atoms with Crippen LogP contribution in [0, 0.1) is 0 Å². The second-order valence-corrected chi connectivity index (χ2v) is 6.42. The number of rotatable bonds is 8. The maximum absolute atomic E-state index is 12.5. The minimum atomic E-state index is -0.386. The molecule has 0 unspecified atom stereocenters. The summed E-state index contributed by atoms with van der Waals surface area (Å²) in [4.78, 5) is 26.4. The highest BCUT2D eigenvalue weighted by Crippen LogP contribution is 2.22. The predicted octanol–water partition coefficient (Wildman–Crippen LogP) is 3.40. The number of carbonyl (C=O) groups excluding carboxylic acids is 2. The summed E-state index contributed by atoms with van der Waals surface area (Å²) in [5.74, 6) is -0.581. The molecule has 0 bridgehead atoms. The number of carbonyl (C=O) groups is 2. The Morgan fingerprint density at radius 2 is 1.81 bits per heavy atom. The lowest BCUT2D eigenvalue weighted by Crippen LogP contribution is -2.41. The number of amides is 2. The molecule has 0 fully saturated rings. The van der Waals surface area contributed by atoms with Gasteiger partial charge < -0.3 is 15.0 Å². The molecule has 138 valence electrons. The third-order valence-corrected chi connectivity index (χ3v) is 4.46. The second-order valence-electron chi connectivity index (χ2n) is 5.61. The first-order chi connectivity index (χ1) is 12.5. The van der Waals surface area contributed by atoms with E-state index < -0.39 is 0 Å². The predicted molar refractivity (Wildman–Crippen MR) is 103 cm³/mol. The molecule has 0 heterocycles. The molecule has 1 N–H and O–H groups in total. The Morgan fingerprint density at radius 1 is 1.08 bits per heavy atom. The van der Waals surface area contributed by atoms with Crippen LogP contribution in [0.5, 0.6) is 0 Å². The summed E-state index contributed by atoms with van der Waals surface area (Å²) in [5.41, 5.74) is 1.35. The van der Waals surface area contributed by atoms with Crippen molar-refractivity contribution in [1.82, 2.24) is 10.2 Å². The molecule has 7 heteroatoms. The third kappa shape index (κ3) is 6.02. The zero-order valence-electron chi connectivity index (χ0n) is 14.4. The third-order valence-electron chi connectivity index (χ3n) is 3.72. The average molecular weight is 395 g/mol. The first-order valence-corrected chi connectivity index (χ1v) is 8.80. The normalized spacial score (nSPS) is 10.4. The lowest BCUT2D eigenvalue weighted by Gasteiger charge is -2.23. The molecule has 0 saturated heterocycles. The van der Waals surface area contributed by atoms with Crippen LogP contribution in [-0.2, 0) is 16.1 Å². The van der Waals surface area contributed by atoms with Crippen molar-refractivity contribution in [3.8, 4) is 0 Å². The zero-order chi connectivity index (χ0) is 18.9. The topological polar surface area (TPSA) is 58.6 Å². The summed E-state index contributed by atoms with van der Waals surface area (Å²) in [6.07, 6.45) is 0. The molecule has 0 spiro atoms. The van der Waals surface area contributed by atoms with Gasteiger partial charge >= 0.3 is 0 Å². The fourth-order valence-electron chi connectivity index (χ4n) is 2.30. The lowest BCUT2D eigenvalue weighted by molar-refractivity contribution is -0.131. The number of hydrogen-bond acceptors (Lipinski definition) is 3. The van der Waals surface area contributed by atoms with Crippen molar-refractivity contribution in [2.75, 3.05) is 26.8 Å². The van der Waals surface area contributed by atoms with Gasteiger partial charge in [0.15, 0.2) is 0 Å². The van der Waals surface area contributed by atoms with E-state index >= 15 is 0 Å². The van der Waals surface area contributed by atoms with Crippen LogP contribution in [-0.4, -0.2) is 43.5 Å². The Balaban J connectivity index is 1.97. The molecule has 5 nitrogen and oxygen atoms in total. The van der Waals surface area contributed by atoms with E-state index in [2.05, 4.69) is 5.32 Å². The van der Waals surface area contributed by atoms with Gasteiger partial charge in [-0.05, 0) is 23.8 Å². The molecule has 0 aliphatic heterocycles. The van der Waals surface area contributed by atoms with Crippen molar-refractivity contribution >= 4 is 35.0 Å². The minimum Gasteiger partial charge on any atom is -0.383 e. The van der Waals surface area contributed by atoms with E-state index in [9.17, 15) is 9.59 Å². The standard InChI is InChI=1S/C19H20Cl2N2O3/c1-26-10-9-23(13-14-5-3-2-4-6-14)18(24)12-22-19(25)15-7-8-16(20)17(21)11-15/h2-8,11H,9-10,12-13H2,1H3,(H,22,25). The molecule has 26 heavy (non-hydrogen) atoms. The average Bonchev–Trinajstić information content (AvgIpc) is 2.65. The van der Waals surface area contributed by atoms with Crippen LogP contribution < -0.4 is 5.32 Å². The molecule has 2 amide bonds. The number of nitrogens with zero attached hydrogens (tertiary/aromatic N) is 1. The first-order valence-electron chi connectivity index (χ1n) is 8.05. The van der Waals surface area contributed by atoms with Gasteiger partial charge in [0, 0.05) is 25.8 Å². The van der Waals surface area contributed by atoms with Gasteiger partial charge in [0.05, 0.1) is 23.2 Å². The summed E-state index contributed by atoms with van der Waals surface area (Å²) in [5, 5.41) is 3.27. The molecule has 0 atom stereocenters. The van der Waals surface area contributed by atoms with Gasteiger partial charge in [-0.15, -0.1) is 0 Å². The SMILES string of the molecule is COCCN(Cc1ccccc1)C(=O)CNC(=O)c1ccc(Cl)c(Cl)c1. The zero-order valence-corrected chi connectivity index (χ0v) is 15.9. The van der Waals surface area contributed by atoms with E-state index in [4.69, 9.17) is 27.9 Å². The number of ether oxygens (including phenoxy) is 1. The van der Waals surface area contributed by atoms with Crippen molar-refractivity contribution < 1.29 is 14.3 Å². The number of benzene rings is 2. The highest BCUT2D eigenvalue weighted by molar-refractivity contribution is 6.42. The molecule has 0 aliphatic carbocycles. The highest BCUT2D eigenvalue weighted by Gasteiger charge is 2.16. The summed E-state index contributed by atoms with van der Waals surface area (Å²) in [7, 11) is 1.58. The van der Waals surface area contributed by atoms with Crippen LogP contribution in [0.3, 0.4) is 0 Å². The smallest absolute Gasteiger partial charge is 0.251 e. The molecule has 0 saturated carbocycles. The molecule has 2 aromatic rings. The molecule has 0 aromatic heterocycles. The number of nitrogens with one attached hydrogen (secondary N) is 1. The van der Waals surface area contributed by atoms with Crippen LogP contribution >= 0.6 is 23.2 Å². The van der Waals surface area contributed by atoms with E-state index in [1.54, 1.807) is 24.1 Å². The van der Waals surface area contributed by atoms with E-state index in [1.807, 2.05) is 30.3 Å². The van der Waals surface area contributed by atoms with Crippen LogP contribution in [0.2, 0.25) is 10.0 Å². The van der Waals surface area contributed by atoms with Crippen molar-refractivity contribution in [3.63, 3.8) is 0 Å². The monoisotopic (exact) mass is 394 g/mol. The lowest BCUT2D eigenvalue weighted by atomic mass is 10.2. The van der Waals surface area contributed by atoms with Gasteiger partial charge in [-0.1, -0.05) is 53.5 Å². The van der Waals surface area contributed by atoms with Gasteiger partial charge in [-0.25, -0.2) is 0 Å². The van der Waals surface area contributed by atoms with E-state index in [-0.39, 0.29) is 23.4 Å². The van der Waals surface area contributed by atoms with E-state index in [0.717, 1.165) is 5.56 Å². The summed E-state index contributed by atoms with van der Waals surface area (Å²) in [6.45, 7) is 1.19. The molecule has 2 rings (SSSR count). The fraction of sp³-hybridized carbons (Fsp3) is 0.263. The van der Waals surface area contributed by atoms with Crippen LogP contribution in [0.15, 0.2) is 48.5 Å². The largest absolute Gasteiger partial charge is 0.383 e. The fourth-order valence-corrected chi connectivity index (χ4v) is 2.60. The van der Waals surface area contributed by atoms with Crippen molar-refractivity contribution in [2.45, 2.75) is 6.54 Å². The van der Waals surface area contributed by atoms with Crippen molar-refractivity contribution in [1.29, 1.82) is 0 Å². The Hall–Kier alpha value is -2.08. The molecular formula is C19H20Cl2N2O3. The first kappa shape index (κ1) is 20.2. The van der Waals surface area contributed by atoms with Gasteiger partial charge in [-0.2, -0.15) is 0 Å². The molecule has 0 radical (unpaired) electrons. The van der Waals surface area contributed by atoms with Crippen LogP contribution in [0.1, 0.15) is 15.9 Å². The van der Waals surface area contributed by atoms with Gasteiger partial charge in [-0.3, -0.25) is 9.59 Å². The molecule has 0 aliphatic rings. The van der Waals surface area contributed by atoms with Gasteiger partial charge in [0.25, 0.3) is 5.91 Å². The second kappa shape index (κ2) is 10.2. The van der Waals surface area contributed by atoms with Gasteiger partial charge in [0.1, 0.15) is 0 Å².